The lowest BCUT2D eigenvalue weighted by atomic mass is 9.80. The van der Waals surface area contributed by atoms with Gasteiger partial charge in [0.05, 0.1) is 0 Å². The SMILES string of the molecule is OB(O)c1ccc(-c2ccc(N(c3ccccc3)c3ccc(N(c4ccc(-c5ccccc5)cc4)c4ccc(-c5ccccc5)cc4)cc3)cc2)cc1. The second-order valence-corrected chi connectivity index (χ2v) is 12.9. The lowest BCUT2D eigenvalue weighted by molar-refractivity contribution is 0.426. The molecule has 0 heterocycles. The van der Waals surface area contributed by atoms with Gasteiger partial charge in [-0.3, -0.25) is 0 Å². The van der Waals surface area contributed by atoms with Crippen molar-refractivity contribution in [2.75, 3.05) is 9.80 Å². The van der Waals surface area contributed by atoms with Crippen molar-refractivity contribution in [1.29, 1.82) is 0 Å². The molecule has 0 fully saturated rings. The average molecular weight is 685 g/mol. The van der Waals surface area contributed by atoms with Crippen LogP contribution in [0.1, 0.15) is 0 Å². The first-order chi connectivity index (χ1) is 26.1. The second kappa shape index (κ2) is 15.3. The molecule has 5 heteroatoms. The molecule has 8 aromatic carbocycles. The Balaban J connectivity index is 1.14. The first-order valence-electron chi connectivity index (χ1n) is 17.7. The highest BCUT2D eigenvalue weighted by molar-refractivity contribution is 6.58. The molecule has 8 aromatic rings. The molecule has 0 aliphatic rings. The largest absolute Gasteiger partial charge is 0.488 e. The van der Waals surface area contributed by atoms with Crippen LogP contribution in [0.25, 0.3) is 33.4 Å². The summed E-state index contributed by atoms with van der Waals surface area (Å²) in [5.74, 6) is 0. The van der Waals surface area contributed by atoms with E-state index in [1.807, 2.05) is 30.3 Å². The monoisotopic (exact) mass is 684 g/mol. The van der Waals surface area contributed by atoms with Gasteiger partial charge in [-0.1, -0.05) is 140 Å². The Bertz CT molecular complexity index is 2280. The minimum absolute atomic E-state index is 0.469. The number of hydrogen-bond acceptors (Lipinski definition) is 4. The Morgan fingerprint density at radius 2 is 0.472 bits per heavy atom. The van der Waals surface area contributed by atoms with E-state index in [1.54, 1.807) is 12.1 Å². The summed E-state index contributed by atoms with van der Waals surface area (Å²) in [7, 11) is -1.48. The zero-order valence-corrected chi connectivity index (χ0v) is 29.1. The van der Waals surface area contributed by atoms with Crippen LogP contribution in [-0.4, -0.2) is 17.2 Å². The van der Waals surface area contributed by atoms with E-state index < -0.39 is 7.12 Å². The van der Waals surface area contributed by atoms with Crippen molar-refractivity contribution in [3.63, 3.8) is 0 Å². The minimum atomic E-state index is -1.48. The predicted octanol–water partition coefficient (Wildman–Crippen LogP) is 11.3. The molecule has 0 atom stereocenters. The molecular formula is C48H37BN2O2. The lowest BCUT2D eigenvalue weighted by Crippen LogP contribution is -2.29. The summed E-state index contributed by atoms with van der Waals surface area (Å²) >= 11 is 0. The summed E-state index contributed by atoms with van der Waals surface area (Å²) in [6.07, 6.45) is 0. The average Bonchev–Trinajstić information content (AvgIpc) is 3.23. The van der Waals surface area contributed by atoms with Crippen LogP contribution in [0.15, 0.2) is 212 Å². The molecule has 0 saturated heterocycles. The molecule has 0 spiro atoms. The van der Waals surface area contributed by atoms with Gasteiger partial charge in [-0.15, -0.1) is 0 Å². The van der Waals surface area contributed by atoms with Crippen LogP contribution in [0.2, 0.25) is 0 Å². The number of rotatable bonds is 10. The van der Waals surface area contributed by atoms with E-state index in [1.165, 1.54) is 22.3 Å². The molecule has 0 bridgehead atoms. The molecule has 53 heavy (non-hydrogen) atoms. The highest BCUT2D eigenvalue weighted by atomic mass is 16.4. The molecule has 0 radical (unpaired) electrons. The Morgan fingerprint density at radius 1 is 0.245 bits per heavy atom. The van der Waals surface area contributed by atoms with Crippen LogP contribution in [0.3, 0.4) is 0 Å². The highest BCUT2D eigenvalue weighted by Crippen LogP contribution is 2.40. The molecule has 254 valence electrons. The van der Waals surface area contributed by atoms with Gasteiger partial charge >= 0.3 is 7.12 Å². The van der Waals surface area contributed by atoms with Crippen LogP contribution >= 0.6 is 0 Å². The normalized spacial score (nSPS) is 10.8. The number of nitrogens with zero attached hydrogens (tertiary/aromatic N) is 2. The summed E-state index contributed by atoms with van der Waals surface area (Å²) in [4.78, 5) is 4.56. The standard InChI is InChI=1S/C48H37BN2O2/c52-49(53)42-24-16-38(17-25-42)41-22-30-44(31-23-41)50(43-14-8-3-9-15-43)47-32-34-48(35-33-47)51(45-26-18-39(19-27-45)36-10-4-1-5-11-36)46-28-20-40(21-29-46)37-12-6-2-7-13-37/h1-35,52-53H. The van der Waals surface area contributed by atoms with Crippen LogP contribution in [-0.2, 0) is 0 Å². The molecule has 0 aromatic heterocycles. The van der Waals surface area contributed by atoms with Crippen molar-refractivity contribution in [1.82, 2.24) is 0 Å². The molecule has 8 rings (SSSR count). The van der Waals surface area contributed by atoms with Gasteiger partial charge in [-0.2, -0.15) is 0 Å². The van der Waals surface area contributed by atoms with Gasteiger partial charge in [0, 0.05) is 34.1 Å². The molecule has 0 unspecified atom stereocenters. The molecule has 0 saturated carbocycles. The summed E-state index contributed by atoms with van der Waals surface area (Å²) in [6.45, 7) is 0. The maximum absolute atomic E-state index is 9.51. The van der Waals surface area contributed by atoms with E-state index >= 15 is 0 Å². The van der Waals surface area contributed by atoms with Crippen LogP contribution in [0, 0.1) is 0 Å². The smallest absolute Gasteiger partial charge is 0.423 e. The Labute approximate surface area is 311 Å². The molecule has 0 amide bonds. The Kier molecular flexibility index (Phi) is 9.67. The molecule has 2 N–H and O–H groups in total. The van der Waals surface area contributed by atoms with Crippen molar-refractivity contribution >= 4 is 46.7 Å². The number of anilines is 6. The quantitative estimate of drug-likeness (QED) is 0.141. The molecular weight excluding hydrogens is 647 g/mol. The fourth-order valence-electron chi connectivity index (χ4n) is 6.74. The van der Waals surface area contributed by atoms with Crippen molar-refractivity contribution < 1.29 is 10.0 Å². The first kappa shape index (κ1) is 33.5. The predicted molar refractivity (Wildman–Crippen MR) is 222 cm³/mol. The number of benzene rings is 8. The van der Waals surface area contributed by atoms with Crippen molar-refractivity contribution in [3.05, 3.63) is 212 Å². The molecule has 0 aliphatic carbocycles. The third-order valence-corrected chi connectivity index (χ3v) is 9.51. The van der Waals surface area contributed by atoms with E-state index in [-0.39, 0.29) is 0 Å². The Morgan fingerprint density at radius 3 is 0.774 bits per heavy atom. The van der Waals surface area contributed by atoms with Crippen LogP contribution < -0.4 is 15.3 Å². The highest BCUT2D eigenvalue weighted by Gasteiger charge is 2.17. The van der Waals surface area contributed by atoms with Gasteiger partial charge < -0.3 is 19.8 Å². The maximum atomic E-state index is 9.51. The van der Waals surface area contributed by atoms with Gasteiger partial charge in [0.15, 0.2) is 0 Å². The van der Waals surface area contributed by atoms with Gasteiger partial charge in [0.1, 0.15) is 0 Å². The van der Waals surface area contributed by atoms with E-state index in [4.69, 9.17) is 0 Å². The van der Waals surface area contributed by atoms with Crippen molar-refractivity contribution in [2.45, 2.75) is 0 Å². The van der Waals surface area contributed by atoms with Gasteiger partial charge in [0.25, 0.3) is 0 Å². The topological polar surface area (TPSA) is 46.9 Å². The number of para-hydroxylation sites is 1. The van der Waals surface area contributed by atoms with Gasteiger partial charge in [0.2, 0.25) is 0 Å². The zero-order valence-electron chi connectivity index (χ0n) is 29.1. The van der Waals surface area contributed by atoms with E-state index in [2.05, 4.69) is 180 Å². The summed E-state index contributed by atoms with van der Waals surface area (Å²) in [5.41, 5.74) is 13.6. The van der Waals surface area contributed by atoms with Crippen LogP contribution in [0.4, 0.5) is 34.1 Å². The van der Waals surface area contributed by atoms with Crippen molar-refractivity contribution in [2.24, 2.45) is 0 Å². The Hall–Kier alpha value is -6.66. The lowest BCUT2D eigenvalue weighted by Gasteiger charge is -2.28. The maximum Gasteiger partial charge on any atom is 0.488 e. The number of hydrogen-bond donors (Lipinski definition) is 2. The third-order valence-electron chi connectivity index (χ3n) is 9.51. The van der Waals surface area contributed by atoms with E-state index in [0.29, 0.717) is 5.46 Å². The third kappa shape index (κ3) is 7.39. The second-order valence-electron chi connectivity index (χ2n) is 12.9. The summed E-state index contributed by atoms with van der Waals surface area (Å²) in [6, 6.07) is 73.3. The van der Waals surface area contributed by atoms with Crippen LogP contribution in [0.5, 0.6) is 0 Å². The summed E-state index contributed by atoms with van der Waals surface area (Å²) in [5, 5.41) is 19.0. The molecule has 0 aliphatic heterocycles. The van der Waals surface area contributed by atoms with E-state index in [9.17, 15) is 10.0 Å². The minimum Gasteiger partial charge on any atom is -0.423 e. The first-order valence-corrected chi connectivity index (χ1v) is 17.7. The van der Waals surface area contributed by atoms with Gasteiger partial charge in [-0.25, -0.2) is 0 Å². The molecule has 4 nitrogen and oxygen atoms in total. The van der Waals surface area contributed by atoms with Gasteiger partial charge in [-0.05, 0) is 112 Å². The fraction of sp³-hybridized carbons (Fsp3) is 0. The fourth-order valence-corrected chi connectivity index (χ4v) is 6.74. The van der Waals surface area contributed by atoms with Crippen molar-refractivity contribution in [3.8, 4) is 33.4 Å². The zero-order chi connectivity index (χ0) is 36.0. The summed E-state index contributed by atoms with van der Waals surface area (Å²) < 4.78 is 0. The van der Waals surface area contributed by atoms with E-state index in [0.717, 1.165) is 45.3 Å².